The highest BCUT2D eigenvalue weighted by Crippen LogP contribution is 2.49. The maximum atomic E-state index is 13.7. The average Bonchev–Trinajstić information content (AvgIpc) is 3.73. The second-order valence-electron chi connectivity index (χ2n) is 12.5. The summed E-state index contributed by atoms with van der Waals surface area (Å²) in [5, 5.41) is 35.3. The molecule has 4 fully saturated rings. The van der Waals surface area contributed by atoms with Crippen molar-refractivity contribution in [2.24, 2.45) is 29.1 Å². The van der Waals surface area contributed by atoms with Gasteiger partial charge in [-0.2, -0.15) is 5.26 Å². The van der Waals surface area contributed by atoms with Crippen LogP contribution < -0.4 is 20.1 Å². The number of aliphatic hydroxyl groups is 1. The van der Waals surface area contributed by atoms with Crippen LogP contribution >= 0.6 is 0 Å². The molecule has 0 unspecified atom stereocenters. The Morgan fingerprint density at radius 1 is 1.05 bits per heavy atom. The van der Waals surface area contributed by atoms with E-state index in [2.05, 4.69) is 16.7 Å². The van der Waals surface area contributed by atoms with Gasteiger partial charge in [0.2, 0.25) is 5.91 Å². The molecular weight excluding hydrogens is 526 g/mol. The first-order valence-electron chi connectivity index (χ1n) is 15.0. The Kier molecular flexibility index (Phi) is 8.74. The normalized spacial score (nSPS) is 29.9. The SMILES string of the molecule is COc1cc(C#N)c(OC2CCC(C(=O)O)CC2)cc1C(=O)N[C@@H]1[C@H]2CC[C@H](C2)[C@@H]1C(=O)NCC1(CO)CCCC1. The van der Waals surface area contributed by atoms with Crippen molar-refractivity contribution in [2.75, 3.05) is 20.3 Å². The predicted molar refractivity (Wildman–Crippen MR) is 148 cm³/mol. The van der Waals surface area contributed by atoms with E-state index in [0.717, 1.165) is 44.9 Å². The van der Waals surface area contributed by atoms with Gasteiger partial charge >= 0.3 is 5.97 Å². The number of nitrogens with one attached hydrogen (secondary N) is 2. The van der Waals surface area contributed by atoms with E-state index < -0.39 is 5.97 Å². The number of carboxylic acids is 1. The summed E-state index contributed by atoms with van der Waals surface area (Å²) in [4.78, 5) is 38.5. The van der Waals surface area contributed by atoms with Crippen LogP contribution in [0, 0.1) is 40.4 Å². The number of aliphatic carboxylic acids is 1. The highest BCUT2D eigenvalue weighted by molar-refractivity contribution is 5.98. The van der Waals surface area contributed by atoms with Crippen molar-refractivity contribution < 1.29 is 34.1 Å². The number of aliphatic hydroxyl groups excluding tert-OH is 1. The van der Waals surface area contributed by atoms with Crippen LogP contribution in [0.4, 0.5) is 0 Å². The maximum Gasteiger partial charge on any atom is 0.306 e. The van der Waals surface area contributed by atoms with Crippen molar-refractivity contribution in [3.05, 3.63) is 23.3 Å². The minimum absolute atomic E-state index is 0.0602. The highest BCUT2D eigenvalue weighted by Gasteiger charge is 2.51. The number of methoxy groups -OCH3 is 1. The number of carbonyl (C=O) groups is 3. The van der Waals surface area contributed by atoms with Gasteiger partial charge in [-0.15, -0.1) is 0 Å². The first-order valence-corrected chi connectivity index (χ1v) is 15.0. The number of nitriles is 1. The second kappa shape index (κ2) is 12.3. The third-order valence-electron chi connectivity index (χ3n) is 10.1. The first-order chi connectivity index (χ1) is 19.8. The van der Waals surface area contributed by atoms with Gasteiger partial charge in [0.15, 0.2) is 0 Å². The van der Waals surface area contributed by atoms with Crippen molar-refractivity contribution in [1.82, 2.24) is 10.6 Å². The van der Waals surface area contributed by atoms with Gasteiger partial charge in [-0.05, 0) is 75.7 Å². The van der Waals surface area contributed by atoms with Crippen molar-refractivity contribution in [2.45, 2.75) is 82.8 Å². The molecule has 2 amide bonds. The fourth-order valence-electron chi connectivity index (χ4n) is 7.71. The van der Waals surface area contributed by atoms with E-state index in [0.29, 0.717) is 32.2 Å². The van der Waals surface area contributed by atoms with Gasteiger partial charge in [0.05, 0.1) is 42.8 Å². The lowest BCUT2D eigenvalue weighted by Gasteiger charge is -2.33. The number of ether oxygens (including phenoxy) is 2. The van der Waals surface area contributed by atoms with E-state index >= 15 is 0 Å². The smallest absolute Gasteiger partial charge is 0.306 e. The second-order valence-corrected chi connectivity index (χ2v) is 12.5. The van der Waals surface area contributed by atoms with Gasteiger partial charge in [-0.3, -0.25) is 14.4 Å². The van der Waals surface area contributed by atoms with Crippen LogP contribution in [0.5, 0.6) is 11.5 Å². The zero-order valence-electron chi connectivity index (χ0n) is 23.7. The molecule has 0 spiro atoms. The number of fused-ring (bicyclic) bond motifs is 2. The van der Waals surface area contributed by atoms with Crippen molar-refractivity contribution in [1.29, 1.82) is 5.26 Å². The minimum atomic E-state index is -0.802. The topological polar surface area (TPSA) is 158 Å². The van der Waals surface area contributed by atoms with Gasteiger partial charge in [0.25, 0.3) is 5.91 Å². The molecule has 0 aromatic heterocycles. The summed E-state index contributed by atoms with van der Waals surface area (Å²) in [7, 11) is 1.44. The Morgan fingerprint density at radius 2 is 1.76 bits per heavy atom. The quantitative estimate of drug-likeness (QED) is 0.335. The van der Waals surface area contributed by atoms with Crippen molar-refractivity contribution >= 4 is 17.8 Å². The van der Waals surface area contributed by atoms with Gasteiger partial charge in [-0.25, -0.2) is 0 Å². The lowest BCUT2D eigenvalue weighted by Crippen LogP contribution is -2.51. The molecule has 1 aromatic carbocycles. The summed E-state index contributed by atoms with van der Waals surface area (Å²) >= 11 is 0. The molecule has 0 heterocycles. The van der Waals surface area contributed by atoms with Crippen LogP contribution in [0.15, 0.2) is 12.1 Å². The van der Waals surface area contributed by atoms with Crippen LogP contribution in [0.25, 0.3) is 0 Å². The summed E-state index contributed by atoms with van der Waals surface area (Å²) < 4.78 is 11.6. The molecule has 4 aliphatic rings. The predicted octanol–water partition coefficient (Wildman–Crippen LogP) is 3.40. The Hall–Kier alpha value is -3.32. The van der Waals surface area contributed by atoms with E-state index in [1.807, 2.05) is 0 Å². The minimum Gasteiger partial charge on any atom is -0.496 e. The lowest BCUT2D eigenvalue weighted by molar-refractivity contribution is -0.143. The van der Waals surface area contributed by atoms with Gasteiger partial charge < -0.3 is 30.3 Å². The molecule has 10 heteroatoms. The number of hydrogen-bond acceptors (Lipinski definition) is 7. The lowest BCUT2D eigenvalue weighted by atomic mass is 9.82. The van der Waals surface area contributed by atoms with Crippen molar-refractivity contribution in [3.8, 4) is 17.6 Å². The molecule has 0 saturated heterocycles. The van der Waals surface area contributed by atoms with E-state index in [1.165, 1.54) is 19.2 Å². The molecule has 41 heavy (non-hydrogen) atoms. The summed E-state index contributed by atoms with van der Waals surface area (Å²) in [6.07, 6.45) is 8.60. The molecule has 0 radical (unpaired) electrons. The standard InChI is InChI=1S/C31H41N3O7/c1-40-25-13-21(15-32)24(41-22-8-6-18(7-9-22)30(38)39)14-23(25)28(36)34-27-20-5-4-19(12-20)26(27)29(37)33-16-31(17-35)10-2-3-11-31/h13-14,18-20,22,26-27,35H,2-12,16-17H2,1H3,(H,33,37)(H,34,36)(H,38,39)/t18?,19-,20+,22?,26+,27-/m1/s1. The molecule has 222 valence electrons. The van der Waals surface area contributed by atoms with Crippen LogP contribution in [0.1, 0.15) is 86.6 Å². The molecule has 4 atom stereocenters. The zero-order chi connectivity index (χ0) is 29.1. The summed E-state index contributed by atoms with van der Waals surface area (Å²) in [6, 6.07) is 4.82. The molecule has 0 aliphatic heterocycles. The first kappa shape index (κ1) is 29.2. The molecular formula is C31H41N3O7. The molecule has 1 aromatic rings. The number of nitrogens with zero attached hydrogens (tertiary/aromatic N) is 1. The molecule has 2 bridgehead atoms. The molecule has 5 rings (SSSR count). The van der Waals surface area contributed by atoms with Gasteiger partial charge in [0.1, 0.15) is 17.6 Å². The number of rotatable bonds is 10. The number of amides is 2. The Labute approximate surface area is 240 Å². The van der Waals surface area contributed by atoms with Gasteiger partial charge in [0, 0.05) is 24.1 Å². The van der Waals surface area contributed by atoms with Crippen LogP contribution in [-0.4, -0.2) is 60.4 Å². The third kappa shape index (κ3) is 6.01. The number of carbonyl (C=O) groups excluding carboxylic acids is 2. The van der Waals surface area contributed by atoms with E-state index in [1.54, 1.807) is 0 Å². The van der Waals surface area contributed by atoms with Crippen molar-refractivity contribution in [3.63, 3.8) is 0 Å². The van der Waals surface area contributed by atoms with E-state index in [-0.39, 0.29) is 82.3 Å². The highest BCUT2D eigenvalue weighted by atomic mass is 16.5. The number of benzene rings is 1. The monoisotopic (exact) mass is 567 g/mol. The molecule has 10 nitrogen and oxygen atoms in total. The van der Waals surface area contributed by atoms with Crippen LogP contribution in [0.2, 0.25) is 0 Å². The van der Waals surface area contributed by atoms with E-state index in [9.17, 15) is 29.9 Å². The Morgan fingerprint density at radius 3 is 2.39 bits per heavy atom. The van der Waals surface area contributed by atoms with E-state index in [4.69, 9.17) is 9.47 Å². The third-order valence-corrected chi connectivity index (χ3v) is 10.1. The zero-order valence-corrected chi connectivity index (χ0v) is 23.7. The Balaban J connectivity index is 1.30. The largest absolute Gasteiger partial charge is 0.496 e. The maximum absolute atomic E-state index is 13.7. The number of carboxylic acid groups (broad SMARTS) is 1. The molecule has 4 saturated carbocycles. The van der Waals surface area contributed by atoms with Gasteiger partial charge in [-0.1, -0.05) is 12.8 Å². The molecule has 4 aliphatic carbocycles. The van der Waals surface area contributed by atoms with Crippen LogP contribution in [-0.2, 0) is 9.59 Å². The average molecular weight is 568 g/mol. The molecule has 4 N–H and O–H groups in total. The summed E-state index contributed by atoms with van der Waals surface area (Å²) in [5.74, 6) is -1.03. The summed E-state index contributed by atoms with van der Waals surface area (Å²) in [6.45, 7) is 0.517. The van der Waals surface area contributed by atoms with Crippen LogP contribution in [0.3, 0.4) is 0 Å². The Bertz CT molecular complexity index is 1200. The summed E-state index contributed by atoms with van der Waals surface area (Å²) in [5.41, 5.74) is 0.221. The fourth-order valence-corrected chi connectivity index (χ4v) is 7.71. The number of hydrogen-bond donors (Lipinski definition) is 4. The fraction of sp³-hybridized carbons (Fsp3) is 0.677.